The molecule has 0 amide bonds. The molecular formula is C21H22FNO2S. The van der Waals surface area contributed by atoms with Crippen molar-refractivity contribution in [3.05, 3.63) is 59.4 Å². The second-order valence-corrected chi connectivity index (χ2v) is 7.96. The van der Waals surface area contributed by atoms with Crippen molar-refractivity contribution in [2.24, 2.45) is 0 Å². The largest absolute Gasteiger partial charge is 0.488 e. The highest BCUT2D eigenvalue weighted by Gasteiger charge is 2.26. The van der Waals surface area contributed by atoms with Crippen molar-refractivity contribution in [3.8, 4) is 5.75 Å². The number of thioether (sulfide) groups is 1. The summed E-state index contributed by atoms with van der Waals surface area (Å²) in [5.74, 6) is 0.947. The fraction of sp³-hybridized carbons (Fsp3) is 0.381. The molecule has 0 N–H and O–H groups in total. The van der Waals surface area contributed by atoms with Crippen LogP contribution in [0.1, 0.15) is 34.7 Å². The van der Waals surface area contributed by atoms with Crippen molar-refractivity contribution in [1.82, 2.24) is 4.90 Å². The van der Waals surface area contributed by atoms with E-state index in [0.717, 1.165) is 30.2 Å². The summed E-state index contributed by atoms with van der Waals surface area (Å²) in [4.78, 5) is 15.6. The minimum Gasteiger partial charge on any atom is -0.488 e. The van der Waals surface area contributed by atoms with Gasteiger partial charge in [-0.05, 0) is 36.6 Å². The van der Waals surface area contributed by atoms with Crippen LogP contribution in [0.3, 0.4) is 0 Å². The van der Waals surface area contributed by atoms with Gasteiger partial charge in [-0.2, -0.15) is 0 Å². The van der Waals surface area contributed by atoms with Crippen LogP contribution in [0.2, 0.25) is 0 Å². The average Bonchev–Trinajstić information content (AvgIpc) is 3.16. The number of ether oxygens (including phenoxy) is 1. The Bertz CT molecular complexity index is 796. The average molecular weight is 371 g/mol. The number of halogens is 1. The highest BCUT2D eigenvalue weighted by Crippen LogP contribution is 2.37. The Balaban J connectivity index is 1.36. The van der Waals surface area contributed by atoms with Gasteiger partial charge in [0.15, 0.2) is 17.3 Å². The third-order valence-corrected chi connectivity index (χ3v) is 6.15. The van der Waals surface area contributed by atoms with Crippen LogP contribution < -0.4 is 4.74 Å². The van der Waals surface area contributed by atoms with E-state index in [1.807, 2.05) is 6.07 Å². The standard InChI is InChI=1S/C21H22FNO2S/c22-20-17(6-7-19-21(20)25-12-13-26-19)18(24)9-11-23-10-8-16(14-23)15-4-2-1-3-5-15/h1-7,16H,8-14H2. The molecule has 136 valence electrons. The van der Waals surface area contributed by atoms with Gasteiger partial charge >= 0.3 is 0 Å². The Morgan fingerprint density at radius 1 is 1.23 bits per heavy atom. The zero-order valence-corrected chi connectivity index (χ0v) is 15.4. The number of carbonyl (C=O) groups excluding carboxylic acids is 1. The van der Waals surface area contributed by atoms with E-state index in [4.69, 9.17) is 4.74 Å². The molecule has 2 heterocycles. The van der Waals surface area contributed by atoms with E-state index in [0.29, 0.717) is 25.5 Å². The summed E-state index contributed by atoms with van der Waals surface area (Å²) in [6.45, 7) is 3.11. The number of carbonyl (C=O) groups is 1. The van der Waals surface area contributed by atoms with E-state index in [9.17, 15) is 9.18 Å². The molecule has 0 aliphatic carbocycles. The molecule has 4 rings (SSSR count). The van der Waals surface area contributed by atoms with Crippen LogP contribution in [0.25, 0.3) is 0 Å². The van der Waals surface area contributed by atoms with Crippen molar-refractivity contribution in [3.63, 3.8) is 0 Å². The van der Waals surface area contributed by atoms with Crippen LogP contribution in [-0.2, 0) is 0 Å². The highest BCUT2D eigenvalue weighted by molar-refractivity contribution is 7.99. The number of ketones is 1. The van der Waals surface area contributed by atoms with E-state index in [1.54, 1.807) is 23.9 Å². The minimum absolute atomic E-state index is 0.146. The van der Waals surface area contributed by atoms with Gasteiger partial charge in [0.25, 0.3) is 0 Å². The fourth-order valence-electron chi connectivity index (χ4n) is 3.72. The molecule has 2 aromatic rings. The lowest BCUT2D eigenvalue weighted by Gasteiger charge is -2.19. The predicted molar refractivity (Wildman–Crippen MR) is 102 cm³/mol. The summed E-state index contributed by atoms with van der Waals surface area (Å²) in [6, 6.07) is 13.9. The van der Waals surface area contributed by atoms with Crippen LogP contribution in [-0.4, -0.2) is 42.7 Å². The van der Waals surface area contributed by atoms with Crippen molar-refractivity contribution in [1.29, 1.82) is 0 Å². The molecule has 0 bridgehead atoms. The van der Waals surface area contributed by atoms with Gasteiger partial charge in [0.05, 0.1) is 17.1 Å². The molecular weight excluding hydrogens is 349 g/mol. The lowest BCUT2D eigenvalue weighted by atomic mass is 9.99. The number of rotatable bonds is 5. The SMILES string of the molecule is O=C(CCN1CCC(c2ccccc2)C1)c1ccc2c(c1F)OCCS2. The van der Waals surface area contributed by atoms with E-state index >= 15 is 0 Å². The molecule has 1 fully saturated rings. The molecule has 2 aromatic carbocycles. The topological polar surface area (TPSA) is 29.5 Å². The maximum atomic E-state index is 14.6. The molecule has 1 unspecified atom stereocenters. The van der Waals surface area contributed by atoms with Crippen molar-refractivity contribution in [2.45, 2.75) is 23.7 Å². The summed E-state index contributed by atoms with van der Waals surface area (Å²) in [5.41, 5.74) is 1.52. The van der Waals surface area contributed by atoms with Crippen molar-refractivity contribution >= 4 is 17.5 Å². The first-order chi connectivity index (χ1) is 12.7. The molecule has 5 heteroatoms. The van der Waals surface area contributed by atoms with E-state index < -0.39 is 5.82 Å². The van der Waals surface area contributed by atoms with Gasteiger partial charge < -0.3 is 9.64 Å². The van der Waals surface area contributed by atoms with E-state index in [1.165, 1.54) is 5.56 Å². The Hall–Kier alpha value is -1.85. The Kier molecular flexibility index (Phi) is 5.27. The lowest BCUT2D eigenvalue weighted by molar-refractivity contribution is 0.0963. The van der Waals surface area contributed by atoms with Crippen LogP contribution in [0.4, 0.5) is 4.39 Å². The minimum atomic E-state index is -0.497. The van der Waals surface area contributed by atoms with Gasteiger partial charge in [-0.25, -0.2) is 4.39 Å². The molecule has 0 saturated carbocycles. The number of nitrogens with zero attached hydrogens (tertiary/aromatic N) is 1. The molecule has 0 spiro atoms. The van der Waals surface area contributed by atoms with Crippen LogP contribution >= 0.6 is 11.8 Å². The summed E-state index contributed by atoms with van der Waals surface area (Å²) < 4.78 is 20.0. The number of fused-ring (bicyclic) bond motifs is 1. The quantitative estimate of drug-likeness (QED) is 0.730. The van der Waals surface area contributed by atoms with Crippen molar-refractivity contribution in [2.75, 3.05) is 32.0 Å². The molecule has 1 atom stereocenters. The smallest absolute Gasteiger partial charge is 0.177 e. The van der Waals surface area contributed by atoms with Crippen LogP contribution in [0.5, 0.6) is 5.75 Å². The van der Waals surface area contributed by atoms with E-state index in [2.05, 4.69) is 29.2 Å². The van der Waals surface area contributed by atoms with Gasteiger partial charge in [-0.15, -0.1) is 11.8 Å². The molecule has 3 nitrogen and oxygen atoms in total. The van der Waals surface area contributed by atoms with Crippen LogP contribution in [0, 0.1) is 5.82 Å². The predicted octanol–water partition coefficient (Wildman–Crippen LogP) is 4.37. The second kappa shape index (κ2) is 7.80. The summed E-state index contributed by atoms with van der Waals surface area (Å²) in [6.07, 6.45) is 1.45. The Morgan fingerprint density at radius 3 is 2.92 bits per heavy atom. The van der Waals surface area contributed by atoms with Gasteiger partial charge in [0, 0.05) is 25.3 Å². The Labute approximate surface area is 157 Å². The number of hydrogen-bond acceptors (Lipinski definition) is 4. The number of hydrogen-bond donors (Lipinski definition) is 0. The zero-order chi connectivity index (χ0) is 17.9. The number of benzene rings is 2. The molecule has 0 aromatic heterocycles. The summed E-state index contributed by atoms with van der Waals surface area (Å²) in [7, 11) is 0. The maximum absolute atomic E-state index is 14.6. The van der Waals surface area contributed by atoms with Gasteiger partial charge in [-0.3, -0.25) is 4.79 Å². The molecule has 2 aliphatic heterocycles. The van der Waals surface area contributed by atoms with Gasteiger partial charge in [-0.1, -0.05) is 30.3 Å². The van der Waals surface area contributed by atoms with Gasteiger partial charge in [0.1, 0.15) is 0 Å². The third-order valence-electron chi connectivity index (χ3n) is 5.15. The maximum Gasteiger partial charge on any atom is 0.177 e. The summed E-state index contributed by atoms with van der Waals surface area (Å²) >= 11 is 1.57. The van der Waals surface area contributed by atoms with Crippen molar-refractivity contribution < 1.29 is 13.9 Å². The monoisotopic (exact) mass is 371 g/mol. The lowest BCUT2D eigenvalue weighted by Crippen LogP contribution is -2.24. The zero-order valence-electron chi connectivity index (χ0n) is 14.6. The van der Waals surface area contributed by atoms with Gasteiger partial charge in [0.2, 0.25) is 0 Å². The number of likely N-dealkylation sites (tertiary alicyclic amines) is 1. The van der Waals surface area contributed by atoms with Crippen LogP contribution in [0.15, 0.2) is 47.4 Å². The second-order valence-electron chi connectivity index (χ2n) is 6.82. The Morgan fingerprint density at radius 2 is 2.08 bits per heavy atom. The first-order valence-corrected chi connectivity index (χ1v) is 10.1. The molecule has 0 radical (unpaired) electrons. The highest BCUT2D eigenvalue weighted by atomic mass is 32.2. The van der Waals surface area contributed by atoms with E-state index in [-0.39, 0.29) is 17.1 Å². The fourth-order valence-corrected chi connectivity index (χ4v) is 4.56. The first kappa shape index (κ1) is 17.6. The molecule has 26 heavy (non-hydrogen) atoms. The third kappa shape index (κ3) is 3.64. The number of Topliss-reactive ketones (excluding diaryl/α,β-unsaturated/α-hetero) is 1. The molecule has 2 aliphatic rings. The normalized spacial score (nSPS) is 19.8. The first-order valence-electron chi connectivity index (χ1n) is 9.11. The summed E-state index contributed by atoms with van der Waals surface area (Å²) in [5, 5.41) is 0. The molecule has 1 saturated heterocycles.